The van der Waals surface area contributed by atoms with E-state index >= 15 is 0 Å². The van der Waals surface area contributed by atoms with Gasteiger partial charge in [0.25, 0.3) is 0 Å². The highest BCUT2D eigenvalue weighted by atomic mass is 16.2. The molecule has 3 aromatic rings. The standard InChI is InChI=1S/C29H32N6O/c1-20-12-17-26-25(18-20)27(22-10-6-3-7-11-22)33-34(19-21-8-4-2-5-9-21)29(36)35(26)24-15-13-23(14-16-24)32-28(30)31/h2,4-5,8-9,12-18,22H,3,6-7,10-11,19H2,1H3,(H4,30,31,32). The Bertz CT molecular complexity index is 1280. The van der Waals surface area contributed by atoms with Crippen LogP contribution in [0, 0.1) is 18.3 Å². The Balaban J connectivity index is 1.63. The van der Waals surface area contributed by atoms with Crippen LogP contribution in [0.2, 0.25) is 0 Å². The summed E-state index contributed by atoms with van der Waals surface area (Å²) in [7, 11) is 0. The molecular weight excluding hydrogens is 448 g/mol. The average Bonchev–Trinajstić information content (AvgIpc) is 3.00. The molecule has 0 radical (unpaired) electrons. The number of carbonyl (C=O) groups excluding carboxylic acids is 1. The molecule has 2 aliphatic rings. The first-order chi connectivity index (χ1) is 17.5. The molecule has 3 aromatic carbocycles. The lowest BCUT2D eigenvalue weighted by Crippen LogP contribution is -2.36. The second-order valence-electron chi connectivity index (χ2n) is 9.59. The number of nitrogens with two attached hydrogens (primary N) is 1. The molecule has 184 valence electrons. The third kappa shape index (κ3) is 4.96. The van der Waals surface area contributed by atoms with Gasteiger partial charge in [-0.05, 0) is 61.7 Å². The summed E-state index contributed by atoms with van der Waals surface area (Å²) in [5.41, 5.74) is 12.0. The summed E-state index contributed by atoms with van der Waals surface area (Å²) < 4.78 is 0. The van der Waals surface area contributed by atoms with E-state index in [1.807, 2.05) is 60.7 Å². The summed E-state index contributed by atoms with van der Waals surface area (Å²) in [5.74, 6) is 0.196. The largest absolute Gasteiger partial charge is 0.370 e. The maximum atomic E-state index is 14.2. The van der Waals surface area contributed by atoms with Gasteiger partial charge in [0.05, 0.1) is 23.6 Å². The quantitative estimate of drug-likeness (QED) is 0.293. The fraction of sp³-hybridized carbons (Fsp3) is 0.276. The first-order valence-corrected chi connectivity index (χ1v) is 12.6. The number of benzene rings is 3. The van der Waals surface area contributed by atoms with E-state index in [1.54, 1.807) is 9.91 Å². The van der Waals surface area contributed by atoms with Crippen LogP contribution in [-0.4, -0.2) is 22.7 Å². The number of guanidine groups is 1. The van der Waals surface area contributed by atoms with Gasteiger partial charge < -0.3 is 11.1 Å². The number of hydrogen-bond acceptors (Lipinski definition) is 3. The zero-order valence-electron chi connectivity index (χ0n) is 20.6. The molecule has 0 unspecified atom stereocenters. The molecule has 36 heavy (non-hydrogen) atoms. The summed E-state index contributed by atoms with van der Waals surface area (Å²) >= 11 is 0. The molecule has 1 heterocycles. The second kappa shape index (κ2) is 10.2. The lowest BCUT2D eigenvalue weighted by atomic mass is 9.82. The van der Waals surface area contributed by atoms with Crippen molar-refractivity contribution < 1.29 is 4.79 Å². The molecule has 7 heteroatoms. The Kier molecular flexibility index (Phi) is 6.71. The van der Waals surface area contributed by atoms with Crippen LogP contribution in [0.4, 0.5) is 21.9 Å². The third-order valence-electron chi connectivity index (χ3n) is 6.88. The first kappa shape index (κ1) is 23.6. The van der Waals surface area contributed by atoms with E-state index in [0.717, 1.165) is 46.6 Å². The predicted molar refractivity (Wildman–Crippen MR) is 146 cm³/mol. The minimum atomic E-state index is -0.193. The molecular formula is C29H32N6O. The van der Waals surface area contributed by atoms with Gasteiger partial charge in [-0.3, -0.25) is 10.3 Å². The van der Waals surface area contributed by atoms with Crippen molar-refractivity contribution in [3.05, 3.63) is 89.5 Å². The number of carbonyl (C=O) groups is 1. The fourth-order valence-electron chi connectivity index (χ4n) is 5.13. The van der Waals surface area contributed by atoms with Crippen molar-refractivity contribution in [1.82, 2.24) is 5.01 Å². The number of hydrogen-bond donors (Lipinski definition) is 3. The zero-order chi connectivity index (χ0) is 25.1. The Labute approximate surface area is 212 Å². The normalized spacial score (nSPS) is 16.2. The van der Waals surface area contributed by atoms with E-state index in [-0.39, 0.29) is 12.0 Å². The molecule has 4 N–H and O–H groups in total. The number of nitrogens with one attached hydrogen (secondary N) is 2. The Morgan fingerprint density at radius 2 is 1.75 bits per heavy atom. The first-order valence-electron chi connectivity index (χ1n) is 12.6. The van der Waals surface area contributed by atoms with Crippen molar-refractivity contribution >= 4 is 34.8 Å². The number of fused-ring (bicyclic) bond motifs is 1. The van der Waals surface area contributed by atoms with Crippen molar-refractivity contribution in [3.8, 4) is 0 Å². The van der Waals surface area contributed by atoms with Gasteiger partial charge >= 0.3 is 6.03 Å². The summed E-state index contributed by atoms with van der Waals surface area (Å²) in [4.78, 5) is 15.9. The Morgan fingerprint density at radius 3 is 2.44 bits per heavy atom. The SMILES string of the molecule is Cc1ccc2c(c1)C(C1CCCCC1)=NN(Cc1ccccc1)C(=O)N2c1ccc(NC(=N)N)cc1. The summed E-state index contributed by atoms with van der Waals surface area (Å²) in [5, 5.41) is 17.0. The maximum Gasteiger partial charge on any atom is 0.349 e. The lowest BCUT2D eigenvalue weighted by molar-refractivity contribution is 0.207. The van der Waals surface area contributed by atoms with Crippen molar-refractivity contribution in [3.63, 3.8) is 0 Å². The fourth-order valence-corrected chi connectivity index (χ4v) is 5.13. The molecule has 1 aliphatic heterocycles. The van der Waals surface area contributed by atoms with Gasteiger partial charge in [-0.15, -0.1) is 0 Å². The average molecular weight is 481 g/mol. The molecule has 7 nitrogen and oxygen atoms in total. The number of hydrazone groups is 1. The summed E-state index contributed by atoms with van der Waals surface area (Å²) in [6.45, 7) is 2.48. The van der Waals surface area contributed by atoms with Crippen molar-refractivity contribution in [2.45, 2.75) is 45.6 Å². The molecule has 2 amide bonds. The van der Waals surface area contributed by atoms with Crippen molar-refractivity contribution in [1.29, 1.82) is 5.41 Å². The molecule has 1 saturated carbocycles. The summed E-state index contributed by atoms with van der Waals surface area (Å²) in [6.07, 6.45) is 5.80. The monoisotopic (exact) mass is 480 g/mol. The molecule has 1 aliphatic carbocycles. The number of nitrogens with zero attached hydrogens (tertiary/aromatic N) is 3. The van der Waals surface area contributed by atoms with Crippen molar-refractivity contribution in [2.75, 3.05) is 10.2 Å². The van der Waals surface area contributed by atoms with Crippen LogP contribution in [0.15, 0.2) is 77.9 Å². The molecule has 1 fully saturated rings. The molecule has 0 saturated heterocycles. The minimum Gasteiger partial charge on any atom is -0.370 e. The molecule has 0 spiro atoms. The van der Waals surface area contributed by atoms with Gasteiger partial charge in [-0.25, -0.2) is 9.80 Å². The minimum absolute atomic E-state index is 0.131. The number of amides is 2. The van der Waals surface area contributed by atoms with Crippen LogP contribution < -0.4 is 16.0 Å². The van der Waals surface area contributed by atoms with E-state index in [9.17, 15) is 4.79 Å². The molecule has 5 rings (SSSR count). The van der Waals surface area contributed by atoms with E-state index in [0.29, 0.717) is 18.2 Å². The maximum absolute atomic E-state index is 14.2. The van der Waals surface area contributed by atoms with Crippen LogP contribution in [0.1, 0.15) is 48.8 Å². The number of urea groups is 1. The third-order valence-corrected chi connectivity index (χ3v) is 6.88. The highest BCUT2D eigenvalue weighted by Crippen LogP contribution is 2.38. The number of rotatable bonds is 5. The van der Waals surface area contributed by atoms with Gasteiger partial charge in [0.1, 0.15) is 0 Å². The van der Waals surface area contributed by atoms with Crippen LogP contribution in [0.25, 0.3) is 0 Å². The van der Waals surface area contributed by atoms with E-state index in [2.05, 4.69) is 24.4 Å². The number of aryl methyl sites for hydroxylation is 1. The van der Waals surface area contributed by atoms with Gasteiger partial charge in [0, 0.05) is 17.2 Å². The van der Waals surface area contributed by atoms with Gasteiger partial charge in [0.15, 0.2) is 5.96 Å². The van der Waals surface area contributed by atoms with E-state index < -0.39 is 0 Å². The van der Waals surface area contributed by atoms with E-state index in [4.69, 9.17) is 16.2 Å². The topological polar surface area (TPSA) is 97.8 Å². The van der Waals surface area contributed by atoms with Crippen LogP contribution in [0.5, 0.6) is 0 Å². The molecule has 0 aromatic heterocycles. The predicted octanol–water partition coefficient (Wildman–Crippen LogP) is 6.36. The van der Waals surface area contributed by atoms with Crippen LogP contribution in [0.3, 0.4) is 0 Å². The zero-order valence-corrected chi connectivity index (χ0v) is 20.6. The van der Waals surface area contributed by atoms with Gasteiger partial charge in [-0.1, -0.05) is 61.2 Å². The highest BCUT2D eigenvalue weighted by Gasteiger charge is 2.34. The highest BCUT2D eigenvalue weighted by molar-refractivity contribution is 6.14. The lowest BCUT2D eigenvalue weighted by Gasteiger charge is -2.27. The number of anilines is 3. The van der Waals surface area contributed by atoms with Gasteiger partial charge in [-0.2, -0.15) is 5.10 Å². The Hall–Kier alpha value is -4.13. The molecule has 0 bridgehead atoms. The second-order valence-corrected chi connectivity index (χ2v) is 9.59. The smallest absolute Gasteiger partial charge is 0.349 e. The Morgan fingerprint density at radius 1 is 1.03 bits per heavy atom. The van der Waals surface area contributed by atoms with Crippen LogP contribution >= 0.6 is 0 Å². The van der Waals surface area contributed by atoms with Crippen LogP contribution in [-0.2, 0) is 6.54 Å². The van der Waals surface area contributed by atoms with Crippen molar-refractivity contribution in [2.24, 2.45) is 16.8 Å². The van der Waals surface area contributed by atoms with E-state index in [1.165, 1.54) is 19.3 Å². The molecule has 0 atom stereocenters. The summed E-state index contributed by atoms with van der Waals surface area (Å²) in [6, 6.07) is 23.5. The van der Waals surface area contributed by atoms with Gasteiger partial charge in [0.2, 0.25) is 0 Å².